The van der Waals surface area contributed by atoms with E-state index in [9.17, 15) is 0 Å². The third-order valence-electron chi connectivity index (χ3n) is 14.9. The fourth-order valence-corrected chi connectivity index (χ4v) is 16.2. The average Bonchev–Trinajstić information content (AvgIpc) is 3.28. The standard InChI is InChI=1S/C56H46B2NPS/c1-35-25-31-48-52-50(35)55(3,4)42-21-13-15-23-44(42)57(52)46-33-38(37-27-29-41(30-28-37)60(61,39-17-9-7-10-18-39)40-19-11-8-12-20-40)34-47-54(46)59(48)49-32-26-36(2)51-53(49)58(47)45-24-16-14-22-43(45)56(51,5)6/h7-34H,1-6H3. The molecule has 4 aliphatic heterocycles. The van der Waals surface area contributed by atoms with E-state index in [1.54, 1.807) is 0 Å². The topological polar surface area (TPSA) is 3.24 Å². The molecule has 0 radical (unpaired) electrons. The molecule has 8 aromatic rings. The number of benzene rings is 8. The minimum absolute atomic E-state index is 0.0995. The predicted molar refractivity (Wildman–Crippen MR) is 269 cm³/mol. The van der Waals surface area contributed by atoms with Gasteiger partial charge in [0.1, 0.15) is 0 Å². The van der Waals surface area contributed by atoms with E-state index in [2.05, 4.69) is 216 Å². The molecular weight excluding hydrogens is 771 g/mol. The minimum Gasteiger partial charge on any atom is -0.313 e. The summed E-state index contributed by atoms with van der Waals surface area (Å²) in [6.07, 6.45) is 0. The highest BCUT2D eigenvalue weighted by Crippen LogP contribution is 2.48. The Morgan fingerprint density at radius 2 is 0.852 bits per heavy atom. The minimum atomic E-state index is -2.30. The van der Waals surface area contributed by atoms with Gasteiger partial charge in [-0.05, 0) is 108 Å². The maximum Gasteiger partial charge on any atom is 0.247 e. The van der Waals surface area contributed by atoms with Crippen LogP contribution in [-0.2, 0) is 22.6 Å². The molecule has 0 bridgehead atoms. The van der Waals surface area contributed by atoms with E-state index in [4.69, 9.17) is 11.8 Å². The Hall–Kier alpha value is -5.66. The van der Waals surface area contributed by atoms with E-state index in [-0.39, 0.29) is 24.3 Å². The van der Waals surface area contributed by atoms with Gasteiger partial charge in [-0.2, -0.15) is 0 Å². The highest BCUT2D eigenvalue weighted by atomic mass is 32.4. The van der Waals surface area contributed by atoms with Crippen molar-refractivity contribution in [1.82, 2.24) is 0 Å². The summed E-state index contributed by atoms with van der Waals surface area (Å²) in [5.74, 6) is 0. The molecule has 0 aliphatic carbocycles. The van der Waals surface area contributed by atoms with Crippen molar-refractivity contribution >= 4 is 97.0 Å². The molecule has 12 rings (SSSR count). The fraction of sp³-hybridized carbons (Fsp3) is 0.143. The van der Waals surface area contributed by atoms with Gasteiger partial charge in [-0.25, -0.2) is 0 Å². The molecule has 61 heavy (non-hydrogen) atoms. The van der Waals surface area contributed by atoms with Crippen molar-refractivity contribution in [1.29, 1.82) is 0 Å². The second kappa shape index (κ2) is 12.9. The molecule has 0 aromatic heterocycles. The average molecular weight is 818 g/mol. The number of hydrogen-bond acceptors (Lipinski definition) is 2. The molecule has 0 unspecified atom stereocenters. The van der Waals surface area contributed by atoms with Gasteiger partial charge in [0.05, 0.1) is 0 Å². The number of hydrogen-bond donors (Lipinski definition) is 0. The van der Waals surface area contributed by atoms with E-state index >= 15 is 0 Å². The summed E-state index contributed by atoms with van der Waals surface area (Å²) in [4.78, 5) is 2.69. The van der Waals surface area contributed by atoms with Crippen LogP contribution in [0.4, 0.5) is 17.1 Å². The van der Waals surface area contributed by atoms with Gasteiger partial charge < -0.3 is 4.90 Å². The first-order valence-corrected chi connectivity index (χ1v) is 24.6. The van der Waals surface area contributed by atoms with Crippen LogP contribution in [-0.4, -0.2) is 13.4 Å². The number of fused-ring (bicyclic) bond motifs is 8. The zero-order valence-electron chi connectivity index (χ0n) is 35.6. The molecule has 0 N–H and O–H groups in total. The summed E-state index contributed by atoms with van der Waals surface area (Å²) < 4.78 is 0. The van der Waals surface area contributed by atoms with E-state index in [0.29, 0.717) is 0 Å². The molecule has 4 aliphatic rings. The third-order valence-corrected chi connectivity index (χ3v) is 19.9. The van der Waals surface area contributed by atoms with Gasteiger partial charge in [0.15, 0.2) is 0 Å². The van der Waals surface area contributed by atoms with Gasteiger partial charge in [-0.1, -0.05) is 208 Å². The normalized spacial score (nSPS) is 15.6. The van der Waals surface area contributed by atoms with E-state index in [0.717, 1.165) is 0 Å². The van der Waals surface area contributed by atoms with Gasteiger partial charge in [0.2, 0.25) is 13.4 Å². The molecule has 8 aromatic carbocycles. The summed E-state index contributed by atoms with van der Waals surface area (Å²) in [6, 6.07) is 62.0. The Labute approximate surface area is 366 Å². The van der Waals surface area contributed by atoms with Crippen molar-refractivity contribution in [2.24, 2.45) is 0 Å². The number of aryl methyl sites for hydroxylation is 2. The predicted octanol–water partition coefficient (Wildman–Crippen LogP) is 8.13. The van der Waals surface area contributed by atoms with Crippen molar-refractivity contribution in [3.8, 4) is 11.1 Å². The molecule has 0 saturated carbocycles. The van der Waals surface area contributed by atoms with E-state index < -0.39 is 6.04 Å². The lowest BCUT2D eigenvalue weighted by atomic mass is 9.26. The van der Waals surface area contributed by atoms with Crippen LogP contribution in [0.3, 0.4) is 0 Å². The first-order chi connectivity index (χ1) is 29.5. The molecule has 5 heteroatoms. The Morgan fingerprint density at radius 3 is 1.31 bits per heavy atom. The van der Waals surface area contributed by atoms with Crippen LogP contribution in [0, 0.1) is 13.8 Å². The molecule has 0 fully saturated rings. The van der Waals surface area contributed by atoms with E-state index in [1.807, 2.05) is 0 Å². The van der Waals surface area contributed by atoms with Crippen molar-refractivity contribution in [3.63, 3.8) is 0 Å². The van der Waals surface area contributed by atoms with Crippen LogP contribution in [0.1, 0.15) is 61.1 Å². The van der Waals surface area contributed by atoms with Crippen LogP contribution in [0.5, 0.6) is 0 Å². The van der Waals surface area contributed by atoms with Gasteiger partial charge in [-0.3, -0.25) is 0 Å². The van der Waals surface area contributed by atoms with Crippen molar-refractivity contribution < 1.29 is 0 Å². The molecule has 0 atom stereocenters. The summed E-state index contributed by atoms with van der Waals surface area (Å²) in [7, 11) is 0. The zero-order valence-corrected chi connectivity index (χ0v) is 37.3. The van der Waals surface area contributed by atoms with Gasteiger partial charge in [-0.15, -0.1) is 0 Å². The highest BCUT2D eigenvalue weighted by molar-refractivity contribution is 8.25. The third kappa shape index (κ3) is 4.90. The zero-order chi connectivity index (χ0) is 41.6. The lowest BCUT2D eigenvalue weighted by Crippen LogP contribution is -2.70. The van der Waals surface area contributed by atoms with E-state index in [1.165, 1.54) is 110 Å². The smallest absolute Gasteiger partial charge is 0.247 e. The van der Waals surface area contributed by atoms with Crippen LogP contribution in [0.15, 0.2) is 170 Å². The Morgan fingerprint density at radius 1 is 0.443 bits per heavy atom. The molecule has 292 valence electrons. The Balaban J connectivity index is 1.16. The van der Waals surface area contributed by atoms with Gasteiger partial charge in [0, 0.05) is 33.9 Å². The second-order valence-electron chi connectivity index (χ2n) is 18.8. The second-order valence-corrected chi connectivity index (χ2v) is 23.2. The molecule has 0 spiro atoms. The maximum atomic E-state index is 6.81. The highest BCUT2D eigenvalue weighted by Gasteiger charge is 2.52. The fourth-order valence-electron chi connectivity index (χ4n) is 12.4. The lowest BCUT2D eigenvalue weighted by molar-refractivity contribution is 0.640. The number of nitrogens with zero attached hydrogens (tertiary/aromatic N) is 1. The molecular formula is C56H46B2NPS. The molecule has 4 heterocycles. The first kappa shape index (κ1) is 37.1. The van der Waals surface area contributed by atoms with Gasteiger partial charge >= 0.3 is 0 Å². The monoisotopic (exact) mass is 817 g/mol. The number of rotatable bonds is 4. The van der Waals surface area contributed by atoms with Crippen LogP contribution in [0.25, 0.3) is 11.1 Å². The molecule has 0 amide bonds. The lowest BCUT2D eigenvalue weighted by Gasteiger charge is -2.51. The summed E-state index contributed by atoms with van der Waals surface area (Å²) in [6.45, 7) is 14.6. The van der Waals surface area contributed by atoms with Crippen molar-refractivity contribution in [2.75, 3.05) is 4.90 Å². The first-order valence-electron chi connectivity index (χ1n) is 21.8. The number of anilines is 3. The maximum absolute atomic E-state index is 6.81. The summed E-state index contributed by atoms with van der Waals surface area (Å²) >= 11 is 6.81. The Bertz CT molecular complexity index is 3020. The van der Waals surface area contributed by atoms with Crippen LogP contribution >= 0.6 is 6.04 Å². The molecule has 0 saturated heterocycles. The molecule has 1 nitrogen and oxygen atoms in total. The Kier molecular flexibility index (Phi) is 7.87. The van der Waals surface area contributed by atoms with Gasteiger partial charge in [0.25, 0.3) is 0 Å². The summed E-state index contributed by atoms with van der Waals surface area (Å²) in [5.41, 5.74) is 23.3. The van der Waals surface area contributed by atoms with Crippen molar-refractivity contribution in [2.45, 2.75) is 52.4 Å². The SMILES string of the molecule is Cc1ccc2c3c1C(C)(C)c1ccccc1B3c1cc(-c3ccc(P(=S)(c4ccccc4)c4ccccc4)cc3)cc3c1N2c1ccc(C)c2c1B3c1ccccc1C2(C)C. The van der Waals surface area contributed by atoms with Crippen LogP contribution < -0.4 is 53.6 Å². The van der Waals surface area contributed by atoms with Crippen LogP contribution in [0.2, 0.25) is 0 Å². The summed E-state index contributed by atoms with van der Waals surface area (Å²) in [5, 5.41) is 3.65. The largest absolute Gasteiger partial charge is 0.313 e. The van der Waals surface area contributed by atoms with Crippen molar-refractivity contribution in [3.05, 3.63) is 203 Å². The quantitative estimate of drug-likeness (QED) is 0.131.